The van der Waals surface area contributed by atoms with Crippen LogP contribution in [0.4, 0.5) is 27.5 Å². The molecule has 2 N–H and O–H groups in total. The van der Waals surface area contributed by atoms with Crippen LogP contribution >= 0.6 is 0 Å². The molecule has 10 nitrogen and oxygen atoms in total. The monoisotopic (exact) mass is 535 g/mol. The molecular weight excluding hydrogens is 497 g/mol. The average Bonchev–Trinajstić information content (AvgIpc) is 3.53. The fraction of sp³-hybridized carbons (Fsp3) is 0.500. The summed E-state index contributed by atoms with van der Waals surface area (Å²) in [6, 6.07) is 8.48. The fourth-order valence-corrected chi connectivity index (χ4v) is 5.35. The maximum atomic E-state index is 14.8. The van der Waals surface area contributed by atoms with Crippen molar-refractivity contribution >= 4 is 40.2 Å². The number of carbonyl (C=O) groups excluding carboxylic acids is 1. The van der Waals surface area contributed by atoms with Crippen LogP contribution in [0.25, 0.3) is 11.2 Å². The second kappa shape index (κ2) is 11.2. The first-order valence-electron chi connectivity index (χ1n) is 13.6. The van der Waals surface area contributed by atoms with Crippen LogP contribution in [-0.4, -0.2) is 88.9 Å². The zero-order valence-corrected chi connectivity index (χ0v) is 23.1. The lowest BCUT2D eigenvalue weighted by atomic mass is 10.0. The summed E-state index contributed by atoms with van der Waals surface area (Å²) >= 11 is 0. The van der Waals surface area contributed by atoms with E-state index in [1.54, 1.807) is 11.2 Å². The van der Waals surface area contributed by atoms with Gasteiger partial charge in [-0.3, -0.25) is 4.79 Å². The second-order valence-electron chi connectivity index (χ2n) is 10.9. The van der Waals surface area contributed by atoms with Crippen LogP contribution in [-0.2, 0) is 4.79 Å². The van der Waals surface area contributed by atoms with E-state index in [0.29, 0.717) is 29.0 Å². The van der Waals surface area contributed by atoms with Gasteiger partial charge < -0.3 is 29.9 Å². The molecule has 4 heterocycles. The van der Waals surface area contributed by atoms with Crippen molar-refractivity contribution in [3.05, 3.63) is 43.2 Å². The number of amides is 1. The van der Waals surface area contributed by atoms with E-state index in [2.05, 4.69) is 84.2 Å². The molecule has 0 aliphatic carbocycles. The summed E-state index contributed by atoms with van der Waals surface area (Å²) in [5.74, 6) is 0.556. The molecule has 2 aliphatic heterocycles. The number of nitrogens with one attached hydrogen (secondary N) is 2. The number of piperidine rings is 1. The maximum absolute atomic E-state index is 14.8. The van der Waals surface area contributed by atoms with Crippen LogP contribution in [0.2, 0.25) is 0 Å². The number of hydrogen-bond acceptors (Lipinski definition) is 8. The Bertz CT molecular complexity index is 1310. The van der Waals surface area contributed by atoms with Gasteiger partial charge in [0.05, 0.1) is 18.9 Å². The zero-order valence-electron chi connectivity index (χ0n) is 23.1. The molecule has 0 saturated carbocycles. The van der Waals surface area contributed by atoms with Gasteiger partial charge in [-0.2, -0.15) is 9.97 Å². The first-order chi connectivity index (χ1) is 18.7. The Balaban J connectivity index is 1.38. The molecule has 3 aromatic rings. The third-order valence-corrected chi connectivity index (χ3v) is 7.70. The number of imidazole rings is 1. The lowest BCUT2D eigenvalue weighted by Crippen LogP contribution is -2.41. The van der Waals surface area contributed by atoms with Gasteiger partial charge in [0.2, 0.25) is 11.9 Å². The maximum Gasteiger partial charge on any atom is 0.243 e. The summed E-state index contributed by atoms with van der Waals surface area (Å²) < 4.78 is 16.8. The molecule has 5 rings (SSSR count). The number of alkyl halides is 1. The highest BCUT2D eigenvalue weighted by Gasteiger charge is 2.35. The Morgan fingerprint density at radius 3 is 2.49 bits per heavy atom. The minimum Gasteiger partial charge on any atom is -0.371 e. The van der Waals surface area contributed by atoms with E-state index in [9.17, 15) is 9.18 Å². The average molecular weight is 536 g/mol. The molecule has 11 heteroatoms. The Kier molecular flexibility index (Phi) is 7.69. The quantitative estimate of drug-likeness (QED) is 0.424. The van der Waals surface area contributed by atoms with E-state index < -0.39 is 18.1 Å². The van der Waals surface area contributed by atoms with Gasteiger partial charge in [0.1, 0.15) is 6.17 Å². The Labute approximate surface area is 228 Å². The number of halogens is 1. The van der Waals surface area contributed by atoms with Gasteiger partial charge in [0.25, 0.3) is 0 Å². The summed E-state index contributed by atoms with van der Waals surface area (Å²) in [6.07, 6.45) is 3.98. The summed E-state index contributed by atoms with van der Waals surface area (Å²) in [5.41, 5.74) is 3.41. The number of anilines is 4. The lowest BCUT2D eigenvalue weighted by Gasteiger charge is -2.36. The number of carbonyl (C=O) groups is 1. The molecule has 0 spiro atoms. The van der Waals surface area contributed by atoms with E-state index in [-0.39, 0.29) is 19.1 Å². The molecule has 2 aliphatic rings. The lowest BCUT2D eigenvalue weighted by molar-refractivity contribution is -0.117. The van der Waals surface area contributed by atoms with Gasteiger partial charge >= 0.3 is 0 Å². The van der Waals surface area contributed by atoms with Gasteiger partial charge in [-0.25, -0.2) is 9.37 Å². The van der Waals surface area contributed by atoms with Gasteiger partial charge in [0, 0.05) is 43.1 Å². The number of hydrogen-bond donors (Lipinski definition) is 2. The van der Waals surface area contributed by atoms with Crippen molar-refractivity contribution < 1.29 is 9.18 Å². The topological polar surface area (TPSA) is 94.5 Å². The summed E-state index contributed by atoms with van der Waals surface area (Å²) in [5, 5.41) is 6.09. The van der Waals surface area contributed by atoms with Crippen LogP contribution < -0.4 is 20.4 Å². The number of rotatable bonds is 8. The molecule has 39 heavy (non-hydrogen) atoms. The third kappa shape index (κ3) is 5.68. The second-order valence-corrected chi connectivity index (χ2v) is 10.9. The highest BCUT2D eigenvalue weighted by Crippen LogP contribution is 2.30. The van der Waals surface area contributed by atoms with Gasteiger partial charge in [-0.05, 0) is 71.1 Å². The van der Waals surface area contributed by atoms with E-state index in [1.807, 2.05) is 4.57 Å². The van der Waals surface area contributed by atoms with Crippen molar-refractivity contribution in [2.45, 2.75) is 51.0 Å². The molecule has 0 radical (unpaired) electrons. The number of aromatic nitrogens is 4. The third-order valence-electron chi connectivity index (χ3n) is 7.70. The van der Waals surface area contributed by atoms with Crippen LogP contribution in [0.5, 0.6) is 0 Å². The van der Waals surface area contributed by atoms with Gasteiger partial charge in [0.15, 0.2) is 17.0 Å². The molecule has 2 aromatic heterocycles. The van der Waals surface area contributed by atoms with Crippen LogP contribution in [0.1, 0.15) is 32.7 Å². The summed E-state index contributed by atoms with van der Waals surface area (Å²) in [4.78, 5) is 32.4. The standard InChI is InChI=1S/C28H38FN9O/c1-6-24(39)32-23-16-37(15-22(23)29)28-33-26(25-27(34-28)38(17-30-25)18(2)3)31-19-7-9-21(10-8-19)36-13-11-20(12-14-36)35(4)5/h6-10,17-18,20,22-23H,1,11-16H2,2-5H3,(H,32,39)(H,31,33,34)/t22-,23+/m0/s1. The smallest absolute Gasteiger partial charge is 0.243 e. The summed E-state index contributed by atoms with van der Waals surface area (Å²) in [7, 11) is 4.30. The number of benzene rings is 1. The highest BCUT2D eigenvalue weighted by atomic mass is 19.1. The molecule has 2 atom stereocenters. The largest absolute Gasteiger partial charge is 0.371 e. The van der Waals surface area contributed by atoms with E-state index in [1.165, 1.54) is 5.69 Å². The minimum atomic E-state index is -1.24. The fourth-order valence-electron chi connectivity index (χ4n) is 5.35. The normalized spacial score (nSPS) is 20.3. The first kappa shape index (κ1) is 26.9. The SMILES string of the molecule is C=CC(=O)N[C@@H]1CN(c2nc(Nc3ccc(N4CCC(N(C)C)CC4)cc3)c3ncn(C(C)C)c3n2)C[C@@H]1F. The molecule has 1 amide bonds. The molecular formula is C28H38FN9O. The first-order valence-corrected chi connectivity index (χ1v) is 13.6. The van der Waals surface area contributed by atoms with Crippen molar-refractivity contribution in [2.24, 2.45) is 0 Å². The Hall–Kier alpha value is -3.73. The van der Waals surface area contributed by atoms with E-state index in [0.717, 1.165) is 37.7 Å². The Morgan fingerprint density at radius 1 is 1.13 bits per heavy atom. The highest BCUT2D eigenvalue weighted by molar-refractivity contribution is 5.88. The molecule has 0 bridgehead atoms. The van der Waals surface area contributed by atoms with Crippen molar-refractivity contribution in [3.63, 3.8) is 0 Å². The van der Waals surface area contributed by atoms with Gasteiger partial charge in [-0.1, -0.05) is 6.58 Å². The minimum absolute atomic E-state index is 0.0854. The predicted octanol–water partition coefficient (Wildman–Crippen LogP) is 3.51. The summed E-state index contributed by atoms with van der Waals surface area (Å²) in [6.45, 7) is 10.0. The van der Waals surface area contributed by atoms with Crippen molar-refractivity contribution in [1.29, 1.82) is 0 Å². The zero-order chi connectivity index (χ0) is 27.7. The Morgan fingerprint density at radius 2 is 1.85 bits per heavy atom. The molecule has 2 fully saturated rings. The van der Waals surface area contributed by atoms with Crippen molar-refractivity contribution in [2.75, 3.05) is 55.4 Å². The van der Waals surface area contributed by atoms with Crippen LogP contribution in [0.3, 0.4) is 0 Å². The molecule has 208 valence electrons. The van der Waals surface area contributed by atoms with E-state index >= 15 is 0 Å². The van der Waals surface area contributed by atoms with Crippen LogP contribution in [0, 0.1) is 0 Å². The number of fused-ring (bicyclic) bond motifs is 1. The van der Waals surface area contributed by atoms with E-state index in [4.69, 9.17) is 9.97 Å². The van der Waals surface area contributed by atoms with Crippen molar-refractivity contribution in [3.8, 4) is 0 Å². The van der Waals surface area contributed by atoms with Crippen molar-refractivity contribution in [1.82, 2.24) is 29.7 Å². The molecule has 2 saturated heterocycles. The van der Waals surface area contributed by atoms with Crippen LogP contribution in [0.15, 0.2) is 43.2 Å². The van der Waals surface area contributed by atoms with Gasteiger partial charge in [-0.15, -0.1) is 0 Å². The number of nitrogens with zero attached hydrogens (tertiary/aromatic N) is 7. The molecule has 1 aromatic carbocycles. The molecule has 0 unspecified atom stereocenters. The predicted molar refractivity (Wildman–Crippen MR) is 154 cm³/mol.